The molecule has 0 bridgehead atoms. The summed E-state index contributed by atoms with van der Waals surface area (Å²) in [6.07, 6.45) is 2.95. The molecule has 0 aliphatic heterocycles. The van der Waals surface area contributed by atoms with Crippen molar-refractivity contribution in [2.45, 2.75) is 0 Å². The van der Waals surface area contributed by atoms with Crippen molar-refractivity contribution >= 4 is 18.5 Å². The molecule has 2 aromatic rings. The van der Waals surface area contributed by atoms with Gasteiger partial charge in [0.25, 0.3) is 0 Å². The fourth-order valence-corrected chi connectivity index (χ4v) is 4.01. The number of hydrogen-bond donors (Lipinski definition) is 0. The van der Waals surface area contributed by atoms with Crippen LogP contribution in [0.25, 0.3) is 0 Å². The minimum absolute atomic E-state index is 0.415. The molecule has 0 spiro atoms. The Balaban J connectivity index is 2.30. The molecule has 0 unspecified atom stereocenters. The lowest BCUT2D eigenvalue weighted by Gasteiger charge is -2.17. The molecular formula is C17H19O2P. The third kappa shape index (κ3) is 3.40. The van der Waals surface area contributed by atoms with Gasteiger partial charge in [0.05, 0.1) is 14.2 Å². The molecular weight excluding hydrogens is 267 g/mol. The van der Waals surface area contributed by atoms with Crippen LogP contribution < -0.4 is 20.1 Å². The zero-order valence-corrected chi connectivity index (χ0v) is 12.8. The van der Waals surface area contributed by atoms with Gasteiger partial charge < -0.3 is 9.47 Å². The van der Waals surface area contributed by atoms with Gasteiger partial charge in [-0.3, -0.25) is 0 Å². The van der Waals surface area contributed by atoms with Crippen LogP contribution in [0.15, 0.2) is 61.2 Å². The third-order valence-corrected chi connectivity index (χ3v) is 5.55. The van der Waals surface area contributed by atoms with E-state index in [1.54, 1.807) is 14.2 Å². The van der Waals surface area contributed by atoms with E-state index in [0.29, 0.717) is 0 Å². The second kappa shape index (κ2) is 7.12. The van der Waals surface area contributed by atoms with Gasteiger partial charge in [-0.05, 0) is 49.0 Å². The highest BCUT2D eigenvalue weighted by Gasteiger charge is 2.12. The van der Waals surface area contributed by atoms with Crippen molar-refractivity contribution in [1.29, 1.82) is 0 Å². The van der Waals surface area contributed by atoms with Gasteiger partial charge >= 0.3 is 0 Å². The van der Waals surface area contributed by atoms with Gasteiger partial charge in [-0.25, -0.2) is 0 Å². The molecule has 0 amide bonds. The molecule has 20 heavy (non-hydrogen) atoms. The monoisotopic (exact) mass is 286 g/mol. The van der Waals surface area contributed by atoms with Crippen LogP contribution in [0.4, 0.5) is 0 Å². The molecule has 0 atom stereocenters. The van der Waals surface area contributed by atoms with Crippen LogP contribution in [0.2, 0.25) is 0 Å². The van der Waals surface area contributed by atoms with Crippen molar-refractivity contribution in [3.63, 3.8) is 0 Å². The molecule has 0 aliphatic rings. The van der Waals surface area contributed by atoms with E-state index in [4.69, 9.17) is 9.47 Å². The molecule has 0 saturated carbocycles. The largest absolute Gasteiger partial charge is 0.497 e. The molecule has 3 heteroatoms. The van der Waals surface area contributed by atoms with Crippen molar-refractivity contribution in [1.82, 2.24) is 0 Å². The summed E-state index contributed by atoms with van der Waals surface area (Å²) in [5.41, 5.74) is 0. The second-order valence-electron chi connectivity index (χ2n) is 4.30. The summed E-state index contributed by atoms with van der Waals surface area (Å²) in [5.74, 6) is 1.77. The zero-order valence-electron chi connectivity index (χ0n) is 11.9. The Labute approximate surface area is 121 Å². The summed E-state index contributed by atoms with van der Waals surface area (Å²) in [5, 5.41) is 2.65. The maximum absolute atomic E-state index is 5.22. The molecule has 104 valence electrons. The predicted octanol–water partition coefficient (Wildman–Crippen LogP) is 3.32. The maximum atomic E-state index is 5.22. The van der Waals surface area contributed by atoms with E-state index >= 15 is 0 Å². The van der Waals surface area contributed by atoms with Crippen LogP contribution in [0.1, 0.15) is 0 Å². The summed E-state index contributed by atoms with van der Waals surface area (Å²) < 4.78 is 10.4. The van der Waals surface area contributed by atoms with Gasteiger partial charge in [-0.15, -0.1) is 6.58 Å². The number of allylic oxidation sites excluding steroid dienone is 1. The van der Waals surface area contributed by atoms with Crippen molar-refractivity contribution in [2.75, 3.05) is 20.4 Å². The zero-order chi connectivity index (χ0) is 14.4. The van der Waals surface area contributed by atoms with E-state index in [1.807, 2.05) is 30.3 Å². The molecule has 0 saturated heterocycles. The average molecular weight is 286 g/mol. The normalized spacial score (nSPS) is 10.3. The summed E-state index contributed by atoms with van der Waals surface area (Å²) in [4.78, 5) is 0. The Hall–Kier alpha value is -1.79. The number of ether oxygens (including phenoxy) is 2. The molecule has 0 heterocycles. The maximum Gasteiger partial charge on any atom is 0.118 e. The standard InChI is InChI=1S/C17H19O2P/c1-4-13-20(16-9-5-14(18-2)6-10-16)17-11-7-15(19-3)8-12-17/h4-12H,1,13H2,2-3H3. The van der Waals surface area contributed by atoms with E-state index in [9.17, 15) is 0 Å². The minimum Gasteiger partial charge on any atom is -0.497 e. The van der Waals surface area contributed by atoms with Crippen molar-refractivity contribution < 1.29 is 9.47 Å². The summed E-state index contributed by atoms with van der Waals surface area (Å²) in [7, 11) is 2.96. The van der Waals surface area contributed by atoms with E-state index in [0.717, 1.165) is 17.7 Å². The Kier molecular flexibility index (Phi) is 5.20. The van der Waals surface area contributed by atoms with Crippen LogP contribution in [-0.4, -0.2) is 20.4 Å². The Morgan fingerprint density at radius 3 is 1.55 bits per heavy atom. The molecule has 0 aliphatic carbocycles. The topological polar surface area (TPSA) is 18.5 Å². The average Bonchev–Trinajstić information content (AvgIpc) is 2.53. The van der Waals surface area contributed by atoms with Crippen LogP contribution in [0, 0.1) is 0 Å². The molecule has 0 radical (unpaired) electrons. The summed E-state index contributed by atoms with van der Waals surface area (Å²) in [6.45, 7) is 3.89. The van der Waals surface area contributed by atoms with E-state index < -0.39 is 7.92 Å². The minimum atomic E-state index is -0.415. The number of rotatable bonds is 6. The quantitative estimate of drug-likeness (QED) is 0.599. The predicted molar refractivity (Wildman–Crippen MR) is 87.2 cm³/mol. The molecule has 0 N–H and O–H groups in total. The van der Waals surface area contributed by atoms with Crippen molar-refractivity contribution in [2.24, 2.45) is 0 Å². The van der Waals surface area contributed by atoms with E-state index in [1.165, 1.54) is 10.6 Å². The van der Waals surface area contributed by atoms with E-state index in [-0.39, 0.29) is 0 Å². The fourth-order valence-electron chi connectivity index (χ4n) is 2.01. The Morgan fingerprint density at radius 2 is 1.25 bits per heavy atom. The molecule has 0 fully saturated rings. The SMILES string of the molecule is C=CCP(c1ccc(OC)cc1)c1ccc(OC)cc1. The number of methoxy groups -OCH3 is 2. The molecule has 2 rings (SSSR count). The first kappa shape index (κ1) is 14.6. The van der Waals surface area contributed by atoms with Crippen LogP contribution in [-0.2, 0) is 0 Å². The van der Waals surface area contributed by atoms with Gasteiger partial charge in [0.1, 0.15) is 11.5 Å². The smallest absolute Gasteiger partial charge is 0.118 e. The third-order valence-electron chi connectivity index (χ3n) is 3.08. The lowest BCUT2D eigenvalue weighted by atomic mass is 10.3. The Bertz CT molecular complexity index is 499. The van der Waals surface area contributed by atoms with Gasteiger partial charge in [-0.2, -0.15) is 0 Å². The van der Waals surface area contributed by atoms with Crippen LogP contribution in [0.3, 0.4) is 0 Å². The first-order chi connectivity index (χ1) is 9.78. The number of benzene rings is 2. The van der Waals surface area contributed by atoms with Crippen molar-refractivity contribution in [3.8, 4) is 11.5 Å². The van der Waals surface area contributed by atoms with Gasteiger partial charge in [0.2, 0.25) is 0 Å². The fraction of sp³-hybridized carbons (Fsp3) is 0.176. The van der Waals surface area contributed by atoms with Crippen molar-refractivity contribution in [3.05, 3.63) is 61.2 Å². The first-order valence-corrected chi connectivity index (χ1v) is 7.97. The molecule has 2 aromatic carbocycles. The molecule has 2 nitrogen and oxygen atoms in total. The van der Waals surface area contributed by atoms with Gasteiger partial charge in [-0.1, -0.05) is 30.3 Å². The summed E-state index contributed by atoms with van der Waals surface area (Å²) >= 11 is 0. The van der Waals surface area contributed by atoms with Crippen LogP contribution in [0.5, 0.6) is 11.5 Å². The van der Waals surface area contributed by atoms with Crippen LogP contribution >= 0.6 is 7.92 Å². The van der Waals surface area contributed by atoms with Gasteiger partial charge in [0.15, 0.2) is 0 Å². The summed E-state index contributed by atoms with van der Waals surface area (Å²) in [6, 6.07) is 16.6. The first-order valence-electron chi connectivity index (χ1n) is 6.45. The molecule has 0 aromatic heterocycles. The lowest BCUT2D eigenvalue weighted by molar-refractivity contribution is 0.415. The highest BCUT2D eigenvalue weighted by molar-refractivity contribution is 7.73. The van der Waals surface area contributed by atoms with E-state index in [2.05, 4.69) is 30.8 Å². The van der Waals surface area contributed by atoms with Gasteiger partial charge in [0, 0.05) is 0 Å². The second-order valence-corrected chi connectivity index (χ2v) is 6.55. The highest BCUT2D eigenvalue weighted by Crippen LogP contribution is 2.34. The Morgan fingerprint density at radius 1 is 0.850 bits per heavy atom. The lowest BCUT2D eigenvalue weighted by Crippen LogP contribution is -2.13. The highest BCUT2D eigenvalue weighted by atomic mass is 31.1. The number of hydrogen-bond acceptors (Lipinski definition) is 2.